The zero-order valence-electron chi connectivity index (χ0n) is 19.0. The quantitative estimate of drug-likeness (QED) is 0.358. The lowest BCUT2D eigenvalue weighted by atomic mass is 9.95. The lowest BCUT2D eigenvalue weighted by Gasteiger charge is -2.38. The van der Waals surface area contributed by atoms with Gasteiger partial charge < -0.3 is 21.3 Å². The maximum absolute atomic E-state index is 8.68. The number of amidine groups is 1. The van der Waals surface area contributed by atoms with E-state index in [2.05, 4.69) is 34.4 Å². The molecule has 1 saturated heterocycles. The number of allylic oxidation sites excluding steroid dienone is 2. The van der Waals surface area contributed by atoms with Crippen LogP contribution in [0, 0.1) is 16.7 Å². The predicted molar refractivity (Wildman–Crippen MR) is 129 cm³/mol. The molecule has 0 atom stereocenters. The first-order chi connectivity index (χ1) is 14.8. The van der Waals surface area contributed by atoms with E-state index in [1.807, 2.05) is 18.2 Å². The molecule has 2 saturated carbocycles. The average Bonchev–Trinajstić information content (AvgIpc) is 3.70. The van der Waals surface area contributed by atoms with Gasteiger partial charge >= 0.3 is 0 Å². The van der Waals surface area contributed by atoms with Gasteiger partial charge in [0.2, 0.25) is 0 Å². The molecule has 6 heteroatoms. The first-order valence-corrected chi connectivity index (χ1v) is 11.4. The highest BCUT2D eigenvalue weighted by Crippen LogP contribution is 2.47. The molecule has 1 aliphatic heterocycles. The highest BCUT2D eigenvalue weighted by molar-refractivity contribution is 6.15. The maximum atomic E-state index is 8.68. The topological polar surface area (TPSA) is 94.7 Å². The molecule has 3 fully saturated rings. The van der Waals surface area contributed by atoms with Crippen molar-refractivity contribution < 1.29 is 0 Å². The van der Waals surface area contributed by atoms with Crippen molar-refractivity contribution in [3.05, 3.63) is 53.4 Å². The van der Waals surface area contributed by atoms with Crippen LogP contribution in [0.5, 0.6) is 0 Å². The van der Waals surface area contributed by atoms with Crippen molar-refractivity contribution in [3.8, 4) is 0 Å². The van der Waals surface area contributed by atoms with Crippen LogP contribution in [0.1, 0.15) is 43.7 Å². The van der Waals surface area contributed by atoms with Gasteiger partial charge in [-0.1, -0.05) is 19.6 Å². The van der Waals surface area contributed by atoms with Crippen molar-refractivity contribution in [1.29, 1.82) is 5.41 Å². The van der Waals surface area contributed by atoms with E-state index in [1.165, 1.54) is 36.9 Å². The molecule has 3 aliphatic rings. The Morgan fingerprint density at radius 3 is 2.45 bits per heavy atom. The average molecular weight is 421 g/mol. The summed E-state index contributed by atoms with van der Waals surface area (Å²) in [6.45, 7) is 10.3. The first-order valence-electron chi connectivity index (χ1n) is 11.4. The number of hydrogen-bond donors (Lipinski definition) is 3. The minimum absolute atomic E-state index is 0.266. The number of piperazine rings is 1. The van der Waals surface area contributed by atoms with Crippen molar-refractivity contribution in [1.82, 2.24) is 9.80 Å². The Kier molecular flexibility index (Phi) is 5.82. The number of anilines is 1. The summed E-state index contributed by atoms with van der Waals surface area (Å²) in [5.74, 6) is 1.52. The molecule has 0 amide bonds. The minimum atomic E-state index is 0.266. The molecule has 0 aromatic heterocycles. The molecule has 31 heavy (non-hydrogen) atoms. The van der Waals surface area contributed by atoms with Gasteiger partial charge in [-0.2, -0.15) is 0 Å². The van der Waals surface area contributed by atoms with Crippen LogP contribution >= 0.6 is 0 Å². The van der Waals surface area contributed by atoms with Gasteiger partial charge in [-0.05, 0) is 61.1 Å². The second-order valence-electron chi connectivity index (χ2n) is 9.71. The monoisotopic (exact) mass is 420 g/mol. The van der Waals surface area contributed by atoms with Crippen molar-refractivity contribution in [3.63, 3.8) is 0 Å². The van der Waals surface area contributed by atoms with E-state index < -0.39 is 0 Å². The predicted octanol–water partition coefficient (Wildman–Crippen LogP) is 3.39. The lowest BCUT2D eigenvalue weighted by Crippen LogP contribution is -2.48. The summed E-state index contributed by atoms with van der Waals surface area (Å²) in [6, 6.07) is 6.01. The van der Waals surface area contributed by atoms with Gasteiger partial charge in [-0.15, -0.1) is 0 Å². The van der Waals surface area contributed by atoms with Crippen molar-refractivity contribution in [2.45, 2.75) is 39.0 Å². The third-order valence-electron chi connectivity index (χ3n) is 6.98. The molecule has 1 aromatic carbocycles. The van der Waals surface area contributed by atoms with Gasteiger partial charge in [0.05, 0.1) is 11.4 Å². The smallest absolute Gasteiger partial charge is 0.125 e. The number of nitrogens with two attached hydrogens (primary N) is 2. The fourth-order valence-corrected chi connectivity index (χ4v) is 4.37. The molecular weight excluding hydrogens is 384 g/mol. The van der Waals surface area contributed by atoms with Gasteiger partial charge in [-0.25, -0.2) is 0 Å². The molecular formula is C25H36N6. The second kappa shape index (κ2) is 8.40. The van der Waals surface area contributed by atoms with Crippen LogP contribution in [0.2, 0.25) is 0 Å². The zero-order chi connectivity index (χ0) is 22.2. The Morgan fingerprint density at radius 1 is 1.23 bits per heavy atom. The molecule has 0 spiro atoms. The third kappa shape index (κ3) is 4.94. The normalized spacial score (nSPS) is 21.2. The maximum Gasteiger partial charge on any atom is 0.125 e. The third-order valence-corrected chi connectivity index (χ3v) is 6.98. The van der Waals surface area contributed by atoms with Gasteiger partial charge in [-0.3, -0.25) is 10.4 Å². The Labute approximate surface area is 186 Å². The summed E-state index contributed by atoms with van der Waals surface area (Å²) in [6.07, 6.45) is 7.95. The number of nitrogens with one attached hydrogen (secondary N) is 1. The number of aliphatic imine (C=N–C) groups is 1. The van der Waals surface area contributed by atoms with Gasteiger partial charge in [0.15, 0.2) is 0 Å². The minimum Gasteiger partial charge on any atom is -0.398 e. The van der Waals surface area contributed by atoms with Crippen LogP contribution in [0.3, 0.4) is 0 Å². The Hall–Kier alpha value is -2.76. The fourth-order valence-electron chi connectivity index (χ4n) is 4.37. The van der Waals surface area contributed by atoms with E-state index >= 15 is 0 Å². The number of hydrogen-bond acceptors (Lipinski definition) is 5. The van der Waals surface area contributed by atoms with Crippen LogP contribution in [0.4, 0.5) is 5.69 Å². The van der Waals surface area contributed by atoms with E-state index in [-0.39, 0.29) is 5.71 Å². The first kappa shape index (κ1) is 21.5. The molecule has 5 N–H and O–H groups in total. The highest BCUT2D eigenvalue weighted by atomic mass is 15.3. The molecule has 0 unspecified atom stereocenters. The van der Waals surface area contributed by atoms with Crippen LogP contribution < -0.4 is 11.5 Å². The summed E-state index contributed by atoms with van der Waals surface area (Å²) in [5, 5.41) is 8.68. The molecule has 6 nitrogen and oxygen atoms in total. The summed E-state index contributed by atoms with van der Waals surface area (Å²) in [4.78, 5) is 9.11. The zero-order valence-corrected chi connectivity index (χ0v) is 19.0. The van der Waals surface area contributed by atoms with Gasteiger partial charge in [0.1, 0.15) is 5.84 Å². The number of nitrogens with zero attached hydrogens (tertiary/aromatic N) is 3. The van der Waals surface area contributed by atoms with Gasteiger partial charge in [0.25, 0.3) is 0 Å². The Bertz CT molecular complexity index is 927. The number of nitrogen functional groups attached to an aromatic ring is 1. The molecule has 0 radical (unpaired) electrons. The molecule has 1 aromatic rings. The van der Waals surface area contributed by atoms with Crippen LogP contribution in [-0.4, -0.2) is 54.6 Å². The van der Waals surface area contributed by atoms with Crippen molar-refractivity contribution in [2.75, 3.05) is 39.0 Å². The van der Waals surface area contributed by atoms with Crippen molar-refractivity contribution in [2.24, 2.45) is 22.1 Å². The number of rotatable bonds is 7. The van der Waals surface area contributed by atoms with Crippen molar-refractivity contribution >= 4 is 17.2 Å². The van der Waals surface area contributed by atoms with Crippen LogP contribution in [0.25, 0.3) is 0 Å². The fraction of sp³-hybridized carbons (Fsp3) is 0.520. The molecule has 4 rings (SSSR count). The van der Waals surface area contributed by atoms with E-state index in [0.29, 0.717) is 28.3 Å². The summed E-state index contributed by atoms with van der Waals surface area (Å²) >= 11 is 0. The summed E-state index contributed by atoms with van der Waals surface area (Å²) in [7, 11) is 1.78. The molecule has 1 heterocycles. The summed E-state index contributed by atoms with van der Waals surface area (Å²) in [5.41, 5.74) is 17.5. The second-order valence-corrected chi connectivity index (χ2v) is 9.71. The Balaban J connectivity index is 1.43. The molecule has 2 aliphatic carbocycles. The molecule has 0 bridgehead atoms. The largest absolute Gasteiger partial charge is 0.398 e. The van der Waals surface area contributed by atoms with E-state index in [1.54, 1.807) is 7.05 Å². The van der Waals surface area contributed by atoms with E-state index in [0.717, 1.165) is 38.4 Å². The SMILES string of the molecule is C=C(C1CC1)N1CCN(C(C=C(N)C(=N)c2cc(CC3(C)CC3)ccc2N)=NC)CC1. The van der Waals surface area contributed by atoms with Gasteiger partial charge in [0, 0.05) is 56.3 Å². The van der Waals surface area contributed by atoms with E-state index in [9.17, 15) is 0 Å². The van der Waals surface area contributed by atoms with E-state index in [4.69, 9.17) is 16.9 Å². The standard InChI is InChI=1S/C25H36N6/c1-17(19-5-6-19)30-10-12-31(13-11-30)23(29-3)15-22(27)24(28)20-14-18(4-7-21(20)26)16-25(2)8-9-25/h4,7,14-15,19,28H,1,5-6,8-13,16,26-27H2,2-3H3. The number of benzene rings is 1. The van der Waals surface area contributed by atoms with Crippen LogP contribution in [-0.2, 0) is 6.42 Å². The van der Waals surface area contributed by atoms with Crippen LogP contribution in [0.15, 0.2) is 47.2 Å². The summed E-state index contributed by atoms with van der Waals surface area (Å²) < 4.78 is 0. The Morgan fingerprint density at radius 2 is 1.87 bits per heavy atom. The lowest BCUT2D eigenvalue weighted by molar-refractivity contribution is 0.215. The highest BCUT2D eigenvalue weighted by Gasteiger charge is 2.37. The molecule has 166 valence electrons.